The maximum Gasteiger partial charge on any atom is 0.129 e. The van der Waals surface area contributed by atoms with E-state index in [9.17, 15) is 0 Å². The van der Waals surface area contributed by atoms with Crippen molar-refractivity contribution in [3.63, 3.8) is 0 Å². The highest BCUT2D eigenvalue weighted by Crippen LogP contribution is 2.20. The Morgan fingerprint density at radius 2 is 2.00 bits per heavy atom. The fourth-order valence-electron chi connectivity index (χ4n) is 1.68. The Balaban J connectivity index is 2.24. The Kier molecular flexibility index (Phi) is 9.57. The lowest BCUT2D eigenvalue weighted by atomic mass is 10.3. The smallest absolute Gasteiger partial charge is 0.129 e. The van der Waals surface area contributed by atoms with Crippen LogP contribution in [-0.4, -0.2) is 54.2 Å². The van der Waals surface area contributed by atoms with Gasteiger partial charge in [0, 0.05) is 36.6 Å². The summed E-state index contributed by atoms with van der Waals surface area (Å²) in [5, 5.41) is 17.2. The first kappa shape index (κ1) is 18.7. The van der Waals surface area contributed by atoms with Crippen LogP contribution < -0.4 is 0 Å². The van der Waals surface area contributed by atoms with Crippen LogP contribution in [0.15, 0.2) is 36.1 Å². The van der Waals surface area contributed by atoms with Gasteiger partial charge in [0.15, 0.2) is 0 Å². The summed E-state index contributed by atoms with van der Waals surface area (Å²) in [6.45, 7) is 5.48. The molecular formula is C16H21N3OS2. The van der Waals surface area contributed by atoms with Crippen LogP contribution in [0, 0.1) is 22.7 Å². The van der Waals surface area contributed by atoms with Crippen molar-refractivity contribution < 1.29 is 4.74 Å². The molecule has 1 aliphatic heterocycles. The van der Waals surface area contributed by atoms with Crippen LogP contribution in [0.25, 0.3) is 0 Å². The predicted molar refractivity (Wildman–Crippen MR) is 94.6 cm³/mol. The molecule has 0 atom stereocenters. The zero-order chi connectivity index (χ0) is 16.2. The van der Waals surface area contributed by atoms with E-state index < -0.39 is 0 Å². The minimum atomic E-state index is 0.103. The van der Waals surface area contributed by atoms with E-state index in [1.54, 1.807) is 6.08 Å². The van der Waals surface area contributed by atoms with Gasteiger partial charge in [0.2, 0.25) is 0 Å². The molecule has 1 saturated heterocycles. The molecule has 0 saturated carbocycles. The topological polar surface area (TPSA) is 60.0 Å². The average molecular weight is 335 g/mol. The van der Waals surface area contributed by atoms with Crippen molar-refractivity contribution in [2.45, 2.75) is 6.10 Å². The Morgan fingerprint density at radius 1 is 1.36 bits per heavy atom. The van der Waals surface area contributed by atoms with E-state index in [2.05, 4.69) is 6.58 Å². The standard InChI is InChI=1S/C16H21N3OS2/c1-14-10-21-12-16(13-22-11-14)20-7-6-19(2)5-3-4-15(8-17)9-18/h3-5,16H,1,6-7,10-13H2,2H3. The van der Waals surface area contributed by atoms with Crippen molar-refractivity contribution >= 4 is 23.5 Å². The van der Waals surface area contributed by atoms with E-state index in [0.29, 0.717) is 12.7 Å². The molecule has 1 fully saturated rings. The third-order valence-electron chi connectivity index (χ3n) is 2.86. The highest BCUT2D eigenvalue weighted by molar-refractivity contribution is 8.01. The van der Waals surface area contributed by atoms with Crippen molar-refractivity contribution in [1.29, 1.82) is 10.5 Å². The molecule has 118 valence electrons. The predicted octanol–water partition coefficient (Wildman–Crippen LogP) is 2.83. The first-order valence-corrected chi connectivity index (χ1v) is 9.29. The Hall–Kier alpha value is -1.34. The number of allylic oxidation sites excluding steroid dienone is 3. The van der Waals surface area contributed by atoms with E-state index >= 15 is 0 Å². The van der Waals surface area contributed by atoms with Crippen molar-refractivity contribution in [2.75, 3.05) is 43.2 Å². The summed E-state index contributed by atoms with van der Waals surface area (Å²) < 4.78 is 5.93. The zero-order valence-corrected chi connectivity index (χ0v) is 14.5. The average Bonchev–Trinajstić information content (AvgIpc) is 2.49. The number of hydrogen-bond donors (Lipinski definition) is 0. The molecule has 0 bridgehead atoms. The quantitative estimate of drug-likeness (QED) is 0.423. The fourth-order valence-corrected chi connectivity index (χ4v) is 3.93. The molecule has 0 aromatic carbocycles. The molecule has 1 aliphatic rings. The number of ether oxygens (including phenoxy) is 1. The van der Waals surface area contributed by atoms with Crippen LogP contribution in [0.5, 0.6) is 0 Å². The molecule has 0 aliphatic carbocycles. The van der Waals surface area contributed by atoms with Crippen molar-refractivity contribution in [2.24, 2.45) is 0 Å². The molecule has 22 heavy (non-hydrogen) atoms. The molecule has 1 heterocycles. The van der Waals surface area contributed by atoms with E-state index in [1.165, 1.54) is 11.6 Å². The summed E-state index contributed by atoms with van der Waals surface area (Å²) in [7, 11) is 1.94. The second-order valence-electron chi connectivity index (χ2n) is 4.90. The van der Waals surface area contributed by atoms with Gasteiger partial charge in [-0.2, -0.15) is 34.0 Å². The number of likely N-dealkylation sites (N-methyl/N-ethyl adjacent to an activating group) is 1. The normalized spacial score (nSPS) is 16.4. The Labute approximate surface area is 141 Å². The van der Waals surface area contributed by atoms with E-state index in [-0.39, 0.29) is 5.57 Å². The van der Waals surface area contributed by atoms with E-state index in [0.717, 1.165) is 29.6 Å². The molecule has 4 nitrogen and oxygen atoms in total. The first-order chi connectivity index (χ1) is 10.7. The van der Waals surface area contributed by atoms with Gasteiger partial charge in [0.25, 0.3) is 0 Å². The molecule has 1 rings (SSSR count). The summed E-state index contributed by atoms with van der Waals surface area (Å²) in [6, 6.07) is 3.64. The van der Waals surface area contributed by atoms with Gasteiger partial charge in [-0.3, -0.25) is 0 Å². The molecule has 0 spiro atoms. The maximum absolute atomic E-state index is 8.62. The van der Waals surface area contributed by atoms with Gasteiger partial charge >= 0.3 is 0 Å². The van der Waals surface area contributed by atoms with Crippen molar-refractivity contribution in [1.82, 2.24) is 4.90 Å². The molecule has 0 unspecified atom stereocenters. The molecule has 0 aromatic heterocycles. The summed E-state index contributed by atoms with van der Waals surface area (Å²) in [4.78, 5) is 1.98. The largest absolute Gasteiger partial charge is 0.378 e. The lowest BCUT2D eigenvalue weighted by molar-refractivity contribution is 0.0760. The summed E-state index contributed by atoms with van der Waals surface area (Å²) in [5.41, 5.74) is 1.41. The van der Waals surface area contributed by atoms with E-state index in [1.807, 2.05) is 53.8 Å². The van der Waals surface area contributed by atoms with Crippen LogP contribution in [0.3, 0.4) is 0 Å². The molecule has 0 aromatic rings. The second kappa shape index (κ2) is 11.3. The van der Waals surface area contributed by atoms with Gasteiger partial charge in [-0.25, -0.2) is 0 Å². The number of hydrogen-bond acceptors (Lipinski definition) is 6. The fraction of sp³-hybridized carbons (Fsp3) is 0.500. The highest BCUT2D eigenvalue weighted by Gasteiger charge is 2.13. The second-order valence-corrected chi connectivity index (χ2v) is 6.96. The van der Waals surface area contributed by atoms with E-state index in [4.69, 9.17) is 15.3 Å². The van der Waals surface area contributed by atoms with Crippen LogP contribution in [0.1, 0.15) is 0 Å². The van der Waals surface area contributed by atoms with Gasteiger partial charge in [0.1, 0.15) is 17.7 Å². The monoisotopic (exact) mass is 335 g/mol. The van der Waals surface area contributed by atoms with Crippen LogP contribution >= 0.6 is 23.5 Å². The summed E-state index contributed by atoms with van der Waals surface area (Å²) >= 11 is 3.78. The molecule has 0 N–H and O–H groups in total. The van der Waals surface area contributed by atoms with Crippen LogP contribution in [0.4, 0.5) is 0 Å². The summed E-state index contributed by atoms with van der Waals surface area (Å²) in [5.74, 6) is 4.09. The first-order valence-electron chi connectivity index (χ1n) is 6.98. The van der Waals surface area contributed by atoms with Gasteiger partial charge < -0.3 is 9.64 Å². The Morgan fingerprint density at radius 3 is 2.59 bits per heavy atom. The number of rotatable bonds is 6. The summed E-state index contributed by atoms with van der Waals surface area (Å²) in [6.07, 6.45) is 5.34. The Bertz CT molecular complexity index is 475. The number of thioether (sulfide) groups is 2. The van der Waals surface area contributed by atoms with Crippen molar-refractivity contribution in [3.05, 3.63) is 36.1 Å². The van der Waals surface area contributed by atoms with Gasteiger partial charge in [0.05, 0.1) is 12.7 Å². The lowest BCUT2D eigenvalue weighted by Crippen LogP contribution is -2.26. The molecule has 6 heteroatoms. The maximum atomic E-state index is 8.62. The van der Waals surface area contributed by atoms with Crippen molar-refractivity contribution in [3.8, 4) is 12.1 Å². The zero-order valence-electron chi connectivity index (χ0n) is 12.8. The third kappa shape index (κ3) is 8.19. The third-order valence-corrected chi connectivity index (χ3v) is 5.30. The van der Waals surface area contributed by atoms with Crippen LogP contribution in [0.2, 0.25) is 0 Å². The molecule has 0 amide bonds. The minimum absolute atomic E-state index is 0.103. The lowest BCUT2D eigenvalue weighted by Gasteiger charge is -2.22. The van der Waals surface area contributed by atoms with Gasteiger partial charge in [-0.15, -0.1) is 0 Å². The number of nitriles is 2. The number of nitrogens with zero attached hydrogens (tertiary/aromatic N) is 3. The minimum Gasteiger partial charge on any atom is -0.378 e. The molecular weight excluding hydrogens is 314 g/mol. The SMILES string of the molecule is C=C1CSCC(OCCN(C)C=CC=C(C#N)C#N)CSC1. The van der Waals surface area contributed by atoms with Gasteiger partial charge in [-0.05, 0) is 18.4 Å². The van der Waals surface area contributed by atoms with Gasteiger partial charge in [-0.1, -0.05) is 12.2 Å². The van der Waals surface area contributed by atoms with Crippen LogP contribution in [-0.2, 0) is 4.74 Å². The molecule has 0 radical (unpaired) electrons. The highest BCUT2D eigenvalue weighted by atomic mass is 32.2.